The van der Waals surface area contributed by atoms with E-state index in [1.165, 1.54) is 0 Å². The number of furan rings is 1. The van der Waals surface area contributed by atoms with Gasteiger partial charge in [-0.15, -0.1) is 0 Å². The summed E-state index contributed by atoms with van der Waals surface area (Å²) in [5.74, 6) is 0.823. The Kier molecular flexibility index (Phi) is 3.80. The number of nitrogens with one attached hydrogen (secondary N) is 2. The van der Waals surface area contributed by atoms with Gasteiger partial charge in [-0.1, -0.05) is 17.2 Å². The molecule has 0 spiro atoms. The summed E-state index contributed by atoms with van der Waals surface area (Å²) >= 11 is 0. The van der Waals surface area contributed by atoms with Gasteiger partial charge in [-0.05, 0) is 60.5 Å². The Balaban J connectivity index is 1.75. The van der Waals surface area contributed by atoms with Crippen molar-refractivity contribution < 1.29 is 9.21 Å². The highest BCUT2D eigenvalue weighted by molar-refractivity contribution is 6.06. The highest BCUT2D eigenvalue weighted by Gasteiger charge is 2.35. The monoisotopic (exact) mass is 350 g/mol. The largest absolute Gasteiger partial charge is 0.467 e. The predicted octanol–water partition coefficient (Wildman–Crippen LogP) is 2.81. The van der Waals surface area contributed by atoms with Crippen molar-refractivity contribution in [3.63, 3.8) is 0 Å². The minimum absolute atomic E-state index is 0.230. The molecule has 0 saturated heterocycles. The van der Waals surface area contributed by atoms with Gasteiger partial charge in [-0.2, -0.15) is 4.68 Å². The van der Waals surface area contributed by atoms with Gasteiger partial charge in [0, 0.05) is 11.4 Å². The van der Waals surface area contributed by atoms with Crippen LogP contribution in [0.5, 0.6) is 0 Å². The number of hydrogen-bond acceptors (Lipinski definition) is 6. The molecule has 26 heavy (non-hydrogen) atoms. The second kappa shape index (κ2) is 6.14. The first-order valence-electron chi connectivity index (χ1n) is 8.23. The Hall–Kier alpha value is -3.42. The maximum absolute atomic E-state index is 13.1. The van der Waals surface area contributed by atoms with E-state index in [4.69, 9.17) is 4.42 Å². The molecule has 2 aromatic heterocycles. The molecule has 0 radical (unpaired) electrons. The zero-order chi connectivity index (χ0) is 18.3. The van der Waals surface area contributed by atoms with Crippen molar-refractivity contribution in [3.05, 3.63) is 64.8 Å². The summed E-state index contributed by atoms with van der Waals surface area (Å²) in [6.07, 6.45) is 1.57. The normalized spacial score (nSPS) is 16.2. The van der Waals surface area contributed by atoms with Crippen molar-refractivity contribution in [2.24, 2.45) is 0 Å². The third-order valence-electron chi connectivity index (χ3n) is 4.62. The number of rotatable bonds is 3. The second-order valence-electron chi connectivity index (χ2n) is 6.23. The lowest BCUT2D eigenvalue weighted by Gasteiger charge is -2.26. The van der Waals surface area contributed by atoms with Crippen molar-refractivity contribution in [1.82, 2.24) is 20.2 Å². The fourth-order valence-electron chi connectivity index (χ4n) is 3.09. The Morgan fingerprint density at radius 3 is 2.85 bits per heavy atom. The molecular formula is C18H18N6O2. The number of nitrogens with zero attached hydrogens (tertiary/aromatic N) is 4. The van der Waals surface area contributed by atoms with Gasteiger partial charge >= 0.3 is 0 Å². The number of benzene rings is 1. The lowest BCUT2D eigenvalue weighted by atomic mass is 9.99. The van der Waals surface area contributed by atoms with Crippen LogP contribution in [0.25, 0.3) is 0 Å². The minimum atomic E-state index is -0.540. The minimum Gasteiger partial charge on any atom is -0.467 e. The molecule has 0 aliphatic carbocycles. The van der Waals surface area contributed by atoms with Crippen LogP contribution in [0.4, 0.5) is 11.6 Å². The average molecular weight is 350 g/mol. The summed E-state index contributed by atoms with van der Waals surface area (Å²) in [5, 5.41) is 17.8. The molecule has 4 rings (SSSR count). The van der Waals surface area contributed by atoms with E-state index in [-0.39, 0.29) is 5.91 Å². The van der Waals surface area contributed by atoms with Crippen molar-refractivity contribution in [2.75, 3.05) is 10.6 Å². The van der Waals surface area contributed by atoms with E-state index in [1.54, 1.807) is 23.1 Å². The number of allylic oxidation sites excluding steroid dienone is 1. The second-order valence-corrected chi connectivity index (χ2v) is 6.23. The first-order chi connectivity index (χ1) is 12.6. The van der Waals surface area contributed by atoms with Crippen molar-refractivity contribution in [2.45, 2.75) is 26.8 Å². The van der Waals surface area contributed by atoms with Crippen LogP contribution in [-0.4, -0.2) is 26.1 Å². The van der Waals surface area contributed by atoms with Crippen LogP contribution in [0.1, 0.15) is 29.9 Å². The predicted molar refractivity (Wildman–Crippen MR) is 95.5 cm³/mol. The van der Waals surface area contributed by atoms with Gasteiger partial charge < -0.3 is 15.1 Å². The number of carbonyl (C=O) groups excluding carboxylic acids is 1. The first-order valence-corrected chi connectivity index (χ1v) is 8.23. The fourth-order valence-corrected chi connectivity index (χ4v) is 3.09. The molecule has 1 aliphatic rings. The van der Waals surface area contributed by atoms with Crippen molar-refractivity contribution in [1.29, 1.82) is 0 Å². The van der Waals surface area contributed by atoms with Crippen LogP contribution < -0.4 is 10.6 Å². The van der Waals surface area contributed by atoms with Gasteiger partial charge in [-0.25, -0.2) is 0 Å². The Morgan fingerprint density at radius 2 is 2.08 bits per heavy atom. The quantitative estimate of drug-likeness (QED) is 0.754. The van der Waals surface area contributed by atoms with Crippen molar-refractivity contribution >= 4 is 17.5 Å². The Morgan fingerprint density at radius 1 is 1.23 bits per heavy atom. The smallest absolute Gasteiger partial charge is 0.256 e. The van der Waals surface area contributed by atoms with Crippen LogP contribution in [0.2, 0.25) is 0 Å². The fraction of sp³-hybridized carbons (Fsp3) is 0.222. The van der Waals surface area contributed by atoms with E-state index in [2.05, 4.69) is 26.2 Å². The van der Waals surface area contributed by atoms with Gasteiger partial charge in [-0.3, -0.25) is 4.79 Å². The van der Waals surface area contributed by atoms with Gasteiger partial charge in [0.25, 0.3) is 5.91 Å². The molecule has 3 heterocycles. The number of tetrazole rings is 1. The number of aromatic nitrogens is 4. The van der Waals surface area contributed by atoms with E-state index in [0.717, 1.165) is 16.8 Å². The van der Waals surface area contributed by atoms with Crippen LogP contribution in [0.15, 0.2) is 52.3 Å². The number of aryl methyl sites for hydroxylation is 1. The molecule has 3 aromatic rings. The molecule has 0 bridgehead atoms. The van der Waals surface area contributed by atoms with E-state index in [9.17, 15) is 4.79 Å². The topological polar surface area (TPSA) is 97.9 Å². The molecule has 1 aliphatic heterocycles. The maximum Gasteiger partial charge on any atom is 0.256 e. The van der Waals surface area contributed by atoms with Crippen LogP contribution in [0.3, 0.4) is 0 Å². The highest BCUT2D eigenvalue weighted by Crippen LogP contribution is 2.35. The molecule has 0 fully saturated rings. The van der Waals surface area contributed by atoms with E-state index >= 15 is 0 Å². The van der Waals surface area contributed by atoms with Crippen LogP contribution in [-0.2, 0) is 4.79 Å². The van der Waals surface area contributed by atoms with Gasteiger partial charge in [0.1, 0.15) is 11.8 Å². The van der Waals surface area contributed by atoms with Crippen molar-refractivity contribution in [3.8, 4) is 0 Å². The highest BCUT2D eigenvalue weighted by atomic mass is 16.3. The lowest BCUT2D eigenvalue weighted by Crippen LogP contribution is -2.31. The average Bonchev–Trinajstić information content (AvgIpc) is 3.29. The molecule has 1 aromatic carbocycles. The summed E-state index contributed by atoms with van der Waals surface area (Å²) in [4.78, 5) is 13.1. The summed E-state index contributed by atoms with van der Waals surface area (Å²) in [6.45, 7) is 5.82. The van der Waals surface area contributed by atoms with E-state index in [1.807, 2.05) is 39.0 Å². The summed E-state index contributed by atoms with van der Waals surface area (Å²) in [5.41, 5.74) is 4.09. The third kappa shape index (κ3) is 2.55. The number of fused-ring (bicyclic) bond motifs is 1. The number of carbonyl (C=O) groups is 1. The van der Waals surface area contributed by atoms with E-state index < -0.39 is 6.04 Å². The molecule has 132 valence electrons. The number of anilines is 2. The van der Waals surface area contributed by atoms with Crippen LogP contribution in [0, 0.1) is 13.8 Å². The Labute approximate surface area is 149 Å². The molecule has 8 nitrogen and oxygen atoms in total. The zero-order valence-corrected chi connectivity index (χ0v) is 14.6. The van der Waals surface area contributed by atoms with Crippen LogP contribution >= 0.6 is 0 Å². The summed E-state index contributed by atoms with van der Waals surface area (Å²) in [6, 6.07) is 8.85. The Bertz CT molecular complexity index is 1000. The summed E-state index contributed by atoms with van der Waals surface area (Å²) in [7, 11) is 0. The third-order valence-corrected chi connectivity index (χ3v) is 4.62. The molecule has 1 unspecified atom stereocenters. The van der Waals surface area contributed by atoms with Gasteiger partial charge in [0.15, 0.2) is 0 Å². The SMILES string of the molecule is CC1=C(C(=O)Nc2cccc(C)c2C)C(c2ccco2)n2nnnc2N1. The maximum atomic E-state index is 13.1. The van der Waals surface area contributed by atoms with Gasteiger partial charge in [0.05, 0.1) is 11.8 Å². The van der Waals surface area contributed by atoms with E-state index in [0.29, 0.717) is 23.0 Å². The molecule has 1 atom stereocenters. The molecule has 8 heteroatoms. The zero-order valence-electron chi connectivity index (χ0n) is 14.6. The molecular weight excluding hydrogens is 332 g/mol. The first kappa shape index (κ1) is 16.1. The molecule has 0 saturated carbocycles. The number of amides is 1. The molecule has 2 N–H and O–H groups in total. The molecule has 1 amide bonds. The summed E-state index contributed by atoms with van der Waals surface area (Å²) < 4.78 is 7.11. The number of hydrogen-bond donors (Lipinski definition) is 2. The van der Waals surface area contributed by atoms with Gasteiger partial charge in [0.2, 0.25) is 5.95 Å². The lowest BCUT2D eigenvalue weighted by molar-refractivity contribution is -0.113. The standard InChI is InChI=1S/C18H18N6O2/c1-10-6-4-7-13(11(10)2)20-17(25)15-12(3)19-18-21-22-23-24(18)16(15)14-8-5-9-26-14/h4-9,16H,1-3H3,(H,20,25)(H,19,21,23).